The van der Waals surface area contributed by atoms with Crippen molar-refractivity contribution in [3.8, 4) is 6.07 Å². The number of carbonyl (C=O) groups excluding carboxylic acids is 1. The Morgan fingerprint density at radius 3 is 2.83 bits per heavy atom. The summed E-state index contributed by atoms with van der Waals surface area (Å²) in [5, 5.41) is 12.5. The van der Waals surface area contributed by atoms with Gasteiger partial charge in [-0.2, -0.15) is 5.26 Å². The number of rotatable bonds is 1. The number of hydrogen-bond acceptors (Lipinski definition) is 4. The molecule has 5 atom stereocenters. The summed E-state index contributed by atoms with van der Waals surface area (Å²) in [4.78, 5) is 14.3. The smallest absolute Gasteiger partial charge is 0.241 e. The third-order valence-electron chi connectivity index (χ3n) is 4.76. The molecule has 0 aromatic carbocycles. The van der Waals surface area contributed by atoms with Crippen molar-refractivity contribution in [1.29, 1.82) is 5.26 Å². The van der Waals surface area contributed by atoms with E-state index < -0.39 is 0 Å². The molecule has 18 heavy (non-hydrogen) atoms. The van der Waals surface area contributed by atoms with E-state index >= 15 is 0 Å². The van der Waals surface area contributed by atoms with E-state index in [4.69, 9.17) is 11.0 Å². The summed E-state index contributed by atoms with van der Waals surface area (Å²) in [7, 11) is 0. The maximum absolute atomic E-state index is 12.5. The predicted molar refractivity (Wildman–Crippen MR) is 66.4 cm³/mol. The zero-order chi connectivity index (χ0) is 12.7. The molecule has 1 amide bonds. The third-order valence-corrected chi connectivity index (χ3v) is 4.76. The molecule has 0 spiro atoms. The van der Waals surface area contributed by atoms with Crippen molar-refractivity contribution >= 4 is 5.91 Å². The Balaban J connectivity index is 1.72. The van der Waals surface area contributed by atoms with Crippen LogP contribution < -0.4 is 11.1 Å². The van der Waals surface area contributed by atoms with Crippen molar-refractivity contribution < 1.29 is 4.79 Å². The van der Waals surface area contributed by atoms with Gasteiger partial charge in [-0.3, -0.25) is 4.79 Å². The molecule has 1 aliphatic carbocycles. The highest BCUT2D eigenvalue weighted by molar-refractivity contribution is 5.83. The number of carbonyl (C=O) groups is 1. The van der Waals surface area contributed by atoms with E-state index in [2.05, 4.69) is 11.4 Å². The fourth-order valence-corrected chi connectivity index (χ4v) is 3.73. The van der Waals surface area contributed by atoms with Gasteiger partial charge in [-0.05, 0) is 38.0 Å². The van der Waals surface area contributed by atoms with Gasteiger partial charge < -0.3 is 16.0 Å². The highest BCUT2D eigenvalue weighted by Crippen LogP contribution is 2.34. The Bertz CT molecular complexity index is 391. The van der Waals surface area contributed by atoms with Gasteiger partial charge in [-0.25, -0.2) is 0 Å². The molecule has 4 aliphatic rings. The molecule has 1 saturated carbocycles. The molecule has 98 valence electrons. The Labute approximate surface area is 107 Å². The third kappa shape index (κ3) is 1.80. The van der Waals surface area contributed by atoms with Crippen LogP contribution in [0.5, 0.6) is 0 Å². The van der Waals surface area contributed by atoms with Gasteiger partial charge in [-0.1, -0.05) is 0 Å². The highest BCUT2D eigenvalue weighted by Gasteiger charge is 2.45. The number of hydrogen-bond donors (Lipinski definition) is 2. The number of nitrogens with one attached hydrogen (secondary N) is 1. The number of amides is 1. The second-order valence-corrected chi connectivity index (χ2v) is 5.81. The van der Waals surface area contributed by atoms with Crippen LogP contribution in [0, 0.1) is 17.2 Å². The first-order valence-corrected chi connectivity index (χ1v) is 6.92. The second-order valence-electron chi connectivity index (χ2n) is 5.81. The number of nitriles is 1. The van der Waals surface area contributed by atoms with Crippen LogP contribution in [-0.2, 0) is 4.79 Å². The van der Waals surface area contributed by atoms with Crippen LogP contribution in [0.25, 0.3) is 0 Å². The lowest BCUT2D eigenvalue weighted by Gasteiger charge is -2.47. The van der Waals surface area contributed by atoms with Crippen LogP contribution in [0.2, 0.25) is 0 Å². The SMILES string of the molecule is N#C[C@@H]1CCCN1C(=O)[C@H]1N[C@@H]2CC[C@H]1C[C@@H]2N. The van der Waals surface area contributed by atoms with Crippen molar-refractivity contribution in [2.75, 3.05) is 6.54 Å². The summed E-state index contributed by atoms with van der Waals surface area (Å²) in [5.74, 6) is 0.484. The molecule has 0 unspecified atom stereocenters. The molecule has 3 N–H and O–H groups in total. The Hall–Kier alpha value is -1.12. The fraction of sp³-hybridized carbons (Fsp3) is 0.846. The topological polar surface area (TPSA) is 82.2 Å². The minimum atomic E-state index is -0.214. The molecular formula is C13H20N4O. The van der Waals surface area contributed by atoms with Crippen molar-refractivity contribution in [3.63, 3.8) is 0 Å². The standard InChI is InChI=1S/C13H20N4O/c14-7-9-2-1-5-17(9)13(18)12-8-3-4-11(16-12)10(15)6-8/h8-12,16H,1-6,15H2/t8-,9-,10-,11+,12-/m0/s1. The number of nitrogens with zero attached hydrogens (tertiary/aromatic N) is 2. The predicted octanol–water partition coefficient (Wildman–Crippen LogP) is -0.0312. The quantitative estimate of drug-likeness (QED) is 0.682. The maximum Gasteiger partial charge on any atom is 0.241 e. The molecule has 0 aromatic rings. The van der Waals surface area contributed by atoms with Gasteiger partial charge in [0.25, 0.3) is 0 Å². The molecule has 0 aromatic heterocycles. The zero-order valence-corrected chi connectivity index (χ0v) is 10.5. The van der Waals surface area contributed by atoms with Gasteiger partial charge in [0.15, 0.2) is 0 Å². The molecule has 4 fully saturated rings. The molecular weight excluding hydrogens is 228 g/mol. The van der Waals surface area contributed by atoms with Crippen molar-refractivity contribution in [3.05, 3.63) is 0 Å². The summed E-state index contributed by atoms with van der Waals surface area (Å²) >= 11 is 0. The minimum absolute atomic E-state index is 0.0995. The van der Waals surface area contributed by atoms with E-state index in [1.807, 2.05) is 0 Å². The van der Waals surface area contributed by atoms with Gasteiger partial charge in [-0.15, -0.1) is 0 Å². The number of piperidine rings is 2. The van der Waals surface area contributed by atoms with Crippen LogP contribution in [0.15, 0.2) is 0 Å². The first-order valence-electron chi connectivity index (χ1n) is 6.92. The average molecular weight is 248 g/mol. The monoisotopic (exact) mass is 248 g/mol. The molecule has 5 heteroatoms. The van der Waals surface area contributed by atoms with Crippen LogP contribution in [0.3, 0.4) is 0 Å². The first-order chi connectivity index (χ1) is 8.70. The fourth-order valence-electron chi connectivity index (χ4n) is 3.73. The van der Waals surface area contributed by atoms with E-state index in [9.17, 15) is 4.79 Å². The molecule has 3 heterocycles. The van der Waals surface area contributed by atoms with E-state index in [0.717, 1.165) is 38.6 Å². The van der Waals surface area contributed by atoms with Crippen LogP contribution in [-0.4, -0.2) is 41.5 Å². The van der Waals surface area contributed by atoms with Crippen LogP contribution in [0.1, 0.15) is 32.1 Å². The lowest BCUT2D eigenvalue weighted by Crippen LogP contribution is -2.66. The summed E-state index contributed by atoms with van der Waals surface area (Å²) in [5.41, 5.74) is 6.05. The molecule has 0 radical (unpaired) electrons. The molecule has 5 nitrogen and oxygen atoms in total. The van der Waals surface area contributed by atoms with E-state index in [1.165, 1.54) is 0 Å². The summed E-state index contributed by atoms with van der Waals surface area (Å²) in [6.07, 6.45) is 4.89. The second kappa shape index (κ2) is 4.52. The van der Waals surface area contributed by atoms with Gasteiger partial charge in [0.1, 0.15) is 6.04 Å². The molecule has 3 saturated heterocycles. The average Bonchev–Trinajstić information content (AvgIpc) is 2.86. The summed E-state index contributed by atoms with van der Waals surface area (Å²) in [6.45, 7) is 0.735. The van der Waals surface area contributed by atoms with E-state index in [0.29, 0.717) is 5.92 Å². The largest absolute Gasteiger partial charge is 0.326 e. The Morgan fingerprint density at radius 1 is 1.39 bits per heavy atom. The molecule has 4 rings (SSSR count). The lowest BCUT2D eigenvalue weighted by molar-refractivity contribution is -0.137. The zero-order valence-electron chi connectivity index (χ0n) is 10.5. The number of nitrogens with two attached hydrogens (primary N) is 1. The Kier molecular flexibility index (Phi) is 3.00. The summed E-state index contributed by atoms with van der Waals surface area (Å²) < 4.78 is 0. The lowest BCUT2D eigenvalue weighted by atomic mass is 9.73. The van der Waals surface area contributed by atoms with E-state index in [1.54, 1.807) is 4.90 Å². The summed E-state index contributed by atoms with van der Waals surface area (Å²) in [6, 6.07) is 2.40. The molecule has 2 bridgehead atoms. The van der Waals surface area contributed by atoms with Gasteiger partial charge in [0.05, 0.1) is 12.1 Å². The van der Waals surface area contributed by atoms with Gasteiger partial charge in [0, 0.05) is 18.6 Å². The normalized spacial score (nSPS) is 42.9. The van der Waals surface area contributed by atoms with Crippen molar-refractivity contribution in [2.45, 2.75) is 56.3 Å². The van der Waals surface area contributed by atoms with Crippen LogP contribution >= 0.6 is 0 Å². The van der Waals surface area contributed by atoms with Gasteiger partial charge in [0.2, 0.25) is 5.91 Å². The Morgan fingerprint density at radius 2 is 2.22 bits per heavy atom. The van der Waals surface area contributed by atoms with Crippen molar-refractivity contribution in [2.24, 2.45) is 11.7 Å². The van der Waals surface area contributed by atoms with Gasteiger partial charge >= 0.3 is 0 Å². The number of likely N-dealkylation sites (tertiary alicyclic amines) is 1. The number of fused-ring (bicyclic) bond motifs is 3. The van der Waals surface area contributed by atoms with Crippen molar-refractivity contribution in [1.82, 2.24) is 10.2 Å². The van der Waals surface area contributed by atoms with E-state index in [-0.39, 0.29) is 30.1 Å². The maximum atomic E-state index is 12.5. The first kappa shape index (κ1) is 11.9. The molecule has 3 aliphatic heterocycles. The van der Waals surface area contributed by atoms with Crippen LogP contribution in [0.4, 0.5) is 0 Å². The highest BCUT2D eigenvalue weighted by atomic mass is 16.2. The minimum Gasteiger partial charge on any atom is -0.326 e.